The van der Waals surface area contributed by atoms with E-state index in [1.165, 1.54) is 4.90 Å². The summed E-state index contributed by atoms with van der Waals surface area (Å²) >= 11 is 0. The normalized spacial score (nSPS) is 14.1. The van der Waals surface area contributed by atoms with Gasteiger partial charge in [-0.3, -0.25) is 14.5 Å². The highest BCUT2D eigenvalue weighted by Gasteiger charge is 2.37. The van der Waals surface area contributed by atoms with E-state index in [-0.39, 0.29) is 6.54 Å². The highest BCUT2D eigenvalue weighted by atomic mass is 16.6. The summed E-state index contributed by atoms with van der Waals surface area (Å²) in [6, 6.07) is 5.30. The maximum atomic E-state index is 12.0. The van der Waals surface area contributed by atoms with Crippen LogP contribution in [0.25, 0.3) is 0 Å². The summed E-state index contributed by atoms with van der Waals surface area (Å²) in [7, 11) is 0. The fourth-order valence-corrected chi connectivity index (χ4v) is 2.23. The van der Waals surface area contributed by atoms with Crippen LogP contribution in [-0.4, -0.2) is 22.0 Å². The van der Waals surface area contributed by atoms with Gasteiger partial charge in [-0.1, -0.05) is 22.4 Å². The van der Waals surface area contributed by atoms with Gasteiger partial charge >= 0.3 is 0 Å². The van der Waals surface area contributed by atoms with Crippen LogP contribution in [0.4, 0.5) is 5.69 Å². The molecule has 2 heterocycles. The average molecular weight is 257 g/mol. The lowest BCUT2D eigenvalue weighted by atomic mass is 10.1. The van der Waals surface area contributed by atoms with Gasteiger partial charge in [-0.2, -0.15) is 0 Å². The quantitative estimate of drug-likeness (QED) is 0.760. The zero-order valence-corrected chi connectivity index (χ0v) is 10.5. The van der Waals surface area contributed by atoms with Gasteiger partial charge in [0.25, 0.3) is 11.7 Å². The number of ketones is 1. The molecule has 2 aromatic rings. The number of benzene rings is 1. The van der Waals surface area contributed by atoms with Gasteiger partial charge in [0.2, 0.25) is 0 Å². The molecule has 0 radical (unpaired) electrons. The van der Waals surface area contributed by atoms with Gasteiger partial charge in [-0.05, 0) is 25.5 Å². The Morgan fingerprint density at radius 3 is 2.68 bits per heavy atom. The molecule has 6 heteroatoms. The Bertz CT molecular complexity index is 690. The smallest absolute Gasteiger partial charge is 0.298 e. The SMILES string of the molecule is Cc1cccc2c1N(Cc1nonc1C)C(=O)C2=O. The first kappa shape index (κ1) is 11.6. The molecular weight excluding hydrogens is 246 g/mol. The second-order valence-electron chi connectivity index (χ2n) is 4.49. The van der Waals surface area contributed by atoms with Gasteiger partial charge in [0.05, 0.1) is 17.8 Å². The number of carbonyl (C=O) groups excluding carboxylic acids is 2. The summed E-state index contributed by atoms with van der Waals surface area (Å²) in [6.45, 7) is 3.80. The molecule has 0 N–H and O–H groups in total. The van der Waals surface area contributed by atoms with Gasteiger partial charge in [0.15, 0.2) is 0 Å². The molecule has 0 saturated heterocycles. The number of aromatic nitrogens is 2. The van der Waals surface area contributed by atoms with Crippen LogP contribution in [0.3, 0.4) is 0 Å². The third-order valence-corrected chi connectivity index (χ3v) is 3.25. The lowest BCUT2D eigenvalue weighted by molar-refractivity contribution is -0.114. The Morgan fingerprint density at radius 1 is 1.21 bits per heavy atom. The van der Waals surface area contributed by atoms with E-state index in [4.69, 9.17) is 0 Å². The number of hydrogen-bond acceptors (Lipinski definition) is 5. The first-order chi connectivity index (χ1) is 9.09. The van der Waals surface area contributed by atoms with Crippen LogP contribution in [0, 0.1) is 13.8 Å². The summed E-state index contributed by atoms with van der Waals surface area (Å²) < 4.78 is 4.61. The summed E-state index contributed by atoms with van der Waals surface area (Å²) in [4.78, 5) is 25.4. The van der Waals surface area contributed by atoms with E-state index in [1.54, 1.807) is 19.1 Å². The van der Waals surface area contributed by atoms with Crippen molar-refractivity contribution in [3.63, 3.8) is 0 Å². The minimum Gasteiger partial charge on any atom is -0.298 e. The number of Topliss-reactive ketones (excluding diaryl/α,β-unsaturated/α-hetero) is 1. The van der Waals surface area contributed by atoms with E-state index in [0.717, 1.165) is 5.56 Å². The number of anilines is 1. The van der Waals surface area contributed by atoms with Crippen molar-refractivity contribution < 1.29 is 14.2 Å². The first-order valence-electron chi connectivity index (χ1n) is 5.83. The Hall–Kier alpha value is -2.50. The summed E-state index contributed by atoms with van der Waals surface area (Å²) in [5.74, 6) is -1.01. The molecule has 0 atom stereocenters. The minimum atomic E-state index is -0.535. The summed E-state index contributed by atoms with van der Waals surface area (Å²) in [6.07, 6.45) is 0. The van der Waals surface area contributed by atoms with E-state index in [2.05, 4.69) is 14.9 Å². The molecule has 0 aliphatic carbocycles. The van der Waals surface area contributed by atoms with E-state index in [0.29, 0.717) is 22.6 Å². The Kier molecular flexibility index (Phi) is 2.45. The maximum absolute atomic E-state index is 12.0. The van der Waals surface area contributed by atoms with Gasteiger partial charge in [-0.15, -0.1) is 0 Å². The molecule has 6 nitrogen and oxygen atoms in total. The lowest BCUT2D eigenvalue weighted by Crippen LogP contribution is -2.29. The van der Waals surface area contributed by atoms with Crippen LogP contribution < -0.4 is 4.90 Å². The number of amides is 1. The van der Waals surface area contributed by atoms with Crippen LogP contribution >= 0.6 is 0 Å². The molecule has 1 aliphatic heterocycles. The third kappa shape index (κ3) is 1.64. The van der Waals surface area contributed by atoms with Crippen LogP contribution in [0.2, 0.25) is 0 Å². The summed E-state index contributed by atoms with van der Waals surface area (Å²) in [5, 5.41) is 7.42. The van der Waals surface area contributed by atoms with Gasteiger partial charge in [0, 0.05) is 0 Å². The lowest BCUT2D eigenvalue weighted by Gasteiger charge is -2.16. The van der Waals surface area contributed by atoms with Crippen LogP contribution in [0.15, 0.2) is 22.8 Å². The van der Waals surface area contributed by atoms with E-state index < -0.39 is 11.7 Å². The minimum absolute atomic E-state index is 0.192. The first-order valence-corrected chi connectivity index (χ1v) is 5.83. The Morgan fingerprint density at radius 2 is 2.00 bits per heavy atom. The molecule has 0 spiro atoms. The Balaban J connectivity index is 2.07. The number of rotatable bonds is 2. The number of para-hydroxylation sites is 1. The van der Waals surface area contributed by atoms with Crippen molar-refractivity contribution in [1.82, 2.24) is 10.3 Å². The summed E-state index contributed by atoms with van der Waals surface area (Å²) in [5.41, 5.74) is 3.14. The van der Waals surface area contributed by atoms with Gasteiger partial charge < -0.3 is 0 Å². The molecule has 19 heavy (non-hydrogen) atoms. The number of fused-ring (bicyclic) bond motifs is 1. The van der Waals surface area contributed by atoms with Crippen LogP contribution in [0.5, 0.6) is 0 Å². The molecule has 0 unspecified atom stereocenters. The Labute approximate surface area is 109 Å². The predicted octanol–water partition coefficient (Wildman–Crippen LogP) is 1.42. The highest BCUT2D eigenvalue weighted by molar-refractivity contribution is 6.52. The third-order valence-electron chi connectivity index (χ3n) is 3.25. The molecule has 0 bridgehead atoms. The van der Waals surface area contributed by atoms with E-state index >= 15 is 0 Å². The molecule has 1 aromatic heterocycles. The molecular formula is C13H11N3O3. The number of nitrogens with zero attached hydrogens (tertiary/aromatic N) is 3. The molecule has 1 aliphatic rings. The van der Waals surface area contributed by atoms with Crippen molar-refractivity contribution in [3.8, 4) is 0 Å². The molecule has 3 rings (SSSR count). The molecule has 0 fully saturated rings. The number of aryl methyl sites for hydroxylation is 2. The van der Waals surface area contributed by atoms with Crippen LogP contribution in [0.1, 0.15) is 27.3 Å². The number of carbonyl (C=O) groups is 2. The number of hydrogen-bond donors (Lipinski definition) is 0. The fourth-order valence-electron chi connectivity index (χ4n) is 2.23. The zero-order valence-electron chi connectivity index (χ0n) is 10.5. The zero-order chi connectivity index (χ0) is 13.6. The monoisotopic (exact) mass is 257 g/mol. The van der Waals surface area contributed by atoms with E-state index in [1.807, 2.05) is 13.0 Å². The van der Waals surface area contributed by atoms with Crippen molar-refractivity contribution in [2.45, 2.75) is 20.4 Å². The van der Waals surface area contributed by atoms with Crippen molar-refractivity contribution in [3.05, 3.63) is 40.7 Å². The highest BCUT2D eigenvalue weighted by Crippen LogP contribution is 2.33. The molecule has 1 aromatic carbocycles. The van der Waals surface area contributed by atoms with Crippen molar-refractivity contribution in [2.75, 3.05) is 4.90 Å². The predicted molar refractivity (Wildman–Crippen MR) is 65.7 cm³/mol. The largest absolute Gasteiger partial charge is 0.299 e. The van der Waals surface area contributed by atoms with E-state index in [9.17, 15) is 9.59 Å². The molecule has 0 saturated carbocycles. The van der Waals surface area contributed by atoms with Crippen LogP contribution in [-0.2, 0) is 11.3 Å². The standard InChI is InChI=1S/C13H11N3O3/c1-7-4-3-5-9-11(7)16(13(18)12(9)17)6-10-8(2)14-19-15-10/h3-5H,6H2,1-2H3. The second kappa shape index (κ2) is 4.01. The topological polar surface area (TPSA) is 76.3 Å². The van der Waals surface area contributed by atoms with Gasteiger partial charge in [-0.25, -0.2) is 4.63 Å². The average Bonchev–Trinajstić information content (AvgIpc) is 2.89. The van der Waals surface area contributed by atoms with Crippen molar-refractivity contribution >= 4 is 17.4 Å². The molecule has 96 valence electrons. The van der Waals surface area contributed by atoms with Gasteiger partial charge in [0.1, 0.15) is 11.4 Å². The second-order valence-corrected chi connectivity index (χ2v) is 4.49. The molecule has 1 amide bonds. The van der Waals surface area contributed by atoms with Crippen molar-refractivity contribution in [2.24, 2.45) is 0 Å². The maximum Gasteiger partial charge on any atom is 0.299 e. The fraction of sp³-hybridized carbons (Fsp3) is 0.231. The van der Waals surface area contributed by atoms with Crippen molar-refractivity contribution in [1.29, 1.82) is 0 Å².